The molecule has 2 unspecified atom stereocenters. The van der Waals surface area contributed by atoms with Gasteiger partial charge in [0.05, 0.1) is 38.6 Å². The molecule has 0 amide bonds. The fourth-order valence-corrected chi connectivity index (χ4v) is 0.814. The minimum atomic E-state index is -0.211. The molecule has 92 valence electrons. The molecule has 0 aliphatic heterocycles. The molecule has 0 bridgehead atoms. The Bertz CT molecular complexity index is 159. The highest BCUT2D eigenvalue weighted by atomic mass is 16.5. The monoisotopic (exact) mass is 220 g/mol. The molecule has 0 aromatic heterocycles. The number of rotatable bonds is 8. The Morgan fingerprint density at radius 3 is 2.13 bits per heavy atom. The maximum Gasteiger partial charge on any atom is 0.0780 e. The van der Waals surface area contributed by atoms with Crippen LogP contribution >= 0.6 is 0 Å². The fourth-order valence-electron chi connectivity index (χ4n) is 0.814. The molecule has 15 heavy (non-hydrogen) atoms. The van der Waals surface area contributed by atoms with Crippen LogP contribution in [0.25, 0.3) is 0 Å². The summed E-state index contributed by atoms with van der Waals surface area (Å²) in [7, 11) is 0. The zero-order chi connectivity index (χ0) is 11.9. The molecule has 0 aliphatic rings. The van der Waals surface area contributed by atoms with E-state index in [1.165, 1.54) is 0 Å². The number of aliphatic hydroxyl groups excluding tert-OH is 2. The molecule has 4 heteroatoms. The average molecular weight is 220 g/mol. The van der Waals surface area contributed by atoms with Crippen LogP contribution in [0.2, 0.25) is 0 Å². The minimum absolute atomic E-state index is 0.0227. The molecule has 0 aromatic rings. The van der Waals surface area contributed by atoms with Crippen molar-refractivity contribution in [3.05, 3.63) is 0 Å². The summed E-state index contributed by atoms with van der Waals surface area (Å²) < 4.78 is 10.8. The molecule has 0 spiro atoms. The van der Waals surface area contributed by atoms with Crippen LogP contribution < -0.4 is 0 Å². The van der Waals surface area contributed by atoms with Crippen LogP contribution in [0.4, 0.5) is 0 Å². The number of ether oxygens (including phenoxy) is 2. The Balaban J connectivity index is 3.61. The molecule has 0 aromatic carbocycles. The summed E-state index contributed by atoms with van der Waals surface area (Å²) in [5.41, 5.74) is -0.211. The van der Waals surface area contributed by atoms with Gasteiger partial charge in [0.2, 0.25) is 0 Å². The summed E-state index contributed by atoms with van der Waals surface area (Å²) >= 11 is 0. The van der Waals surface area contributed by atoms with Crippen molar-refractivity contribution in [2.45, 2.75) is 39.9 Å². The highest BCUT2D eigenvalue weighted by Crippen LogP contribution is 2.14. The van der Waals surface area contributed by atoms with E-state index in [1.807, 2.05) is 27.7 Å². The van der Waals surface area contributed by atoms with E-state index in [-0.39, 0.29) is 30.8 Å². The highest BCUT2D eigenvalue weighted by molar-refractivity contribution is 4.66. The molecular weight excluding hydrogens is 196 g/mol. The van der Waals surface area contributed by atoms with Crippen molar-refractivity contribution in [2.75, 3.05) is 26.4 Å². The third kappa shape index (κ3) is 7.73. The van der Waals surface area contributed by atoms with Crippen molar-refractivity contribution in [1.82, 2.24) is 0 Å². The van der Waals surface area contributed by atoms with E-state index in [1.54, 1.807) is 0 Å². The first kappa shape index (κ1) is 14.8. The highest BCUT2D eigenvalue weighted by Gasteiger charge is 2.18. The lowest BCUT2D eigenvalue weighted by molar-refractivity contribution is -0.0689. The van der Waals surface area contributed by atoms with Crippen LogP contribution in [0.15, 0.2) is 0 Å². The Kier molecular flexibility index (Phi) is 7.09. The number of hydrogen-bond acceptors (Lipinski definition) is 4. The second-order valence-electron chi connectivity index (χ2n) is 4.77. The zero-order valence-electron chi connectivity index (χ0n) is 10.2. The van der Waals surface area contributed by atoms with Crippen LogP contribution in [-0.4, -0.2) is 48.8 Å². The summed E-state index contributed by atoms with van der Waals surface area (Å²) in [6.07, 6.45) is -0.174. The minimum Gasteiger partial charge on any atom is -0.396 e. The first-order valence-corrected chi connectivity index (χ1v) is 5.36. The van der Waals surface area contributed by atoms with E-state index in [0.29, 0.717) is 13.2 Å². The van der Waals surface area contributed by atoms with E-state index in [0.717, 1.165) is 0 Å². The zero-order valence-corrected chi connectivity index (χ0v) is 10.2. The number of aliphatic hydroxyl groups is 2. The first-order chi connectivity index (χ1) is 6.91. The Hall–Kier alpha value is -0.160. The molecule has 0 saturated heterocycles. The molecule has 0 fully saturated rings. The lowest BCUT2D eigenvalue weighted by atomic mass is 9.96. The van der Waals surface area contributed by atoms with Gasteiger partial charge in [-0.3, -0.25) is 0 Å². The smallest absolute Gasteiger partial charge is 0.0780 e. The van der Waals surface area contributed by atoms with E-state index >= 15 is 0 Å². The fraction of sp³-hybridized carbons (Fsp3) is 1.00. The first-order valence-electron chi connectivity index (χ1n) is 5.36. The van der Waals surface area contributed by atoms with Crippen LogP contribution in [0.3, 0.4) is 0 Å². The summed E-state index contributed by atoms with van der Waals surface area (Å²) in [6, 6.07) is 0. The van der Waals surface area contributed by atoms with Crippen LogP contribution in [0.5, 0.6) is 0 Å². The molecule has 0 heterocycles. The lowest BCUT2D eigenvalue weighted by Crippen LogP contribution is -2.29. The van der Waals surface area contributed by atoms with Gasteiger partial charge in [0.25, 0.3) is 0 Å². The molecule has 0 radical (unpaired) electrons. The van der Waals surface area contributed by atoms with Crippen LogP contribution in [0, 0.1) is 5.41 Å². The Morgan fingerprint density at radius 1 is 1.07 bits per heavy atom. The SMILES string of the molecule is CC(CO)OCC(C)OCC(C)(C)CO. The van der Waals surface area contributed by atoms with Crippen LogP contribution in [-0.2, 0) is 9.47 Å². The largest absolute Gasteiger partial charge is 0.396 e. The standard InChI is InChI=1S/C11H24O4/c1-9(5-12)14-6-10(2)15-8-11(3,4)7-13/h9-10,12-13H,5-8H2,1-4H3. The topological polar surface area (TPSA) is 58.9 Å². The van der Waals surface area contributed by atoms with Gasteiger partial charge >= 0.3 is 0 Å². The van der Waals surface area contributed by atoms with Gasteiger partial charge in [-0.25, -0.2) is 0 Å². The van der Waals surface area contributed by atoms with Gasteiger partial charge in [-0.1, -0.05) is 13.8 Å². The van der Waals surface area contributed by atoms with Gasteiger partial charge in [-0.2, -0.15) is 0 Å². The third-order valence-electron chi connectivity index (χ3n) is 2.06. The van der Waals surface area contributed by atoms with Crippen molar-refractivity contribution < 1.29 is 19.7 Å². The Labute approximate surface area is 92.2 Å². The quantitative estimate of drug-likeness (QED) is 0.635. The molecular formula is C11H24O4. The molecule has 2 N–H and O–H groups in total. The summed E-state index contributed by atoms with van der Waals surface area (Å²) in [4.78, 5) is 0. The predicted molar refractivity (Wildman–Crippen MR) is 58.8 cm³/mol. The molecule has 0 aliphatic carbocycles. The van der Waals surface area contributed by atoms with E-state index < -0.39 is 0 Å². The van der Waals surface area contributed by atoms with Gasteiger partial charge in [0.1, 0.15) is 0 Å². The molecule has 0 saturated carbocycles. The van der Waals surface area contributed by atoms with Crippen LogP contribution in [0.1, 0.15) is 27.7 Å². The normalized spacial score (nSPS) is 16.4. The third-order valence-corrected chi connectivity index (χ3v) is 2.06. The average Bonchev–Trinajstić information content (AvgIpc) is 2.23. The second-order valence-corrected chi connectivity index (χ2v) is 4.77. The van der Waals surface area contributed by atoms with E-state index in [9.17, 15) is 0 Å². The van der Waals surface area contributed by atoms with E-state index in [2.05, 4.69) is 0 Å². The molecule has 2 atom stereocenters. The van der Waals surface area contributed by atoms with Crippen molar-refractivity contribution in [1.29, 1.82) is 0 Å². The predicted octanol–water partition coefficient (Wildman–Crippen LogP) is 0.807. The lowest BCUT2D eigenvalue weighted by Gasteiger charge is -2.24. The Morgan fingerprint density at radius 2 is 1.67 bits per heavy atom. The van der Waals surface area contributed by atoms with Crippen molar-refractivity contribution in [3.8, 4) is 0 Å². The van der Waals surface area contributed by atoms with E-state index in [4.69, 9.17) is 19.7 Å². The number of hydrogen-bond donors (Lipinski definition) is 2. The van der Waals surface area contributed by atoms with Gasteiger partial charge in [0, 0.05) is 5.41 Å². The molecule has 4 nitrogen and oxygen atoms in total. The summed E-state index contributed by atoms with van der Waals surface area (Å²) in [6.45, 7) is 8.70. The van der Waals surface area contributed by atoms with Gasteiger partial charge in [-0.15, -0.1) is 0 Å². The van der Waals surface area contributed by atoms with Crippen molar-refractivity contribution in [2.24, 2.45) is 5.41 Å². The summed E-state index contributed by atoms with van der Waals surface area (Å²) in [5.74, 6) is 0. The second kappa shape index (κ2) is 7.17. The maximum absolute atomic E-state index is 9.02. The van der Waals surface area contributed by atoms with Crippen molar-refractivity contribution in [3.63, 3.8) is 0 Å². The maximum atomic E-state index is 9.02. The van der Waals surface area contributed by atoms with Gasteiger partial charge in [0.15, 0.2) is 0 Å². The van der Waals surface area contributed by atoms with Crippen molar-refractivity contribution >= 4 is 0 Å². The van der Waals surface area contributed by atoms with Gasteiger partial charge < -0.3 is 19.7 Å². The van der Waals surface area contributed by atoms with Gasteiger partial charge in [-0.05, 0) is 13.8 Å². The summed E-state index contributed by atoms with van der Waals surface area (Å²) in [5, 5.41) is 17.8. The molecule has 0 rings (SSSR count).